The zero-order chi connectivity index (χ0) is 13.8. The van der Waals surface area contributed by atoms with Crippen LogP contribution in [0.1, 0.15) is 39.7 Å². The standard InChI is InChI=1S/C16H27N3/c1-12(2)18-10-15-9-17-7-5-16(15)19-8-6-13(3)14(4)11-19/h5,7,9,12-14,18H,6,8,10-11H2,1-4H3. The van der Waals surface area contributed by atoms with Crippen LogP contribution in [0.4, 0.5) is 5.69 Å². The van der Waals surface area contributed by atoms with Gasteiger partial charge in [0, 0.05) is 49.3 Å². The van der Waals surface area contributed by atoms with Gasteiger partial charge in [-0.25, -0.2) is 0 Å². The molecule has 3 heteroatoms. The van der Waals surface area contributed by atoms with Crippen molar-refractivity contribution < 1.29 is 0 Å². The monoisotopic (exact) mass is 261 g/mol. The fraction of sp³-hybridized carbons (Fsp3) is 0.688. The Balaban J connectivity index is 2.10. The third-order valence-electron chi connectivity index (χ3n) is 4.25. The molecule has 2 unspecified atom stereocenters. The van der Waals surface area contributed by atoms with Crippen LogP contribution >= 0.6 is 0 Å². The summed E-state index contributed by atoms with van der Waals surface area (Å²) in [4.78, 5) is 6.82. The second-order valence-corrected chi connectivity index (χ2v) is 6.23. The summed E-state index contributed by atoms with van der Waals surface area (Å²) in [6.07, 6.45) is 5.21. The van der Waals surface area contributed by atoms with Gasteiger partial charge in [-0.2, -0.15) is 0 Å². The molecule has 2 rings (SSSR count). The number of pyridine rings is 1. The van der Waals surface area contributed by atoms with Gasteiger partial charge < -0.3 is 10.2 Å². The number of nitrogens with one attached hydrogen (secondary N) is 1. The molecule has 1 aliphatic heterocycles. The summed E-state index contributed by atoms with van der Waals surface area (Å²) in [6, 6.07) is 2.67. The van der Waals surface area contributed by atoms with E-state index in [0.717, 1.165) is 18.4 Å². The average Bonchev–Trinajstić information content (AvgIpc) is 2.40. The van der Waals surface area contributed by atoms with Crippen molar-refractivity contribution in [1.82, 2.24) is 10.3 Å². The number of hydrogen-bond donors (Lipinski definition) is 1. The molecule has 19 heavy (non-hydrogen) atoms. The molecule has 0 bridgehead atoms. The molecule has 106 valence electrons. The highest BCUT2D eigenvalue weighted by molar-refractivity contribution is 5.52. The molecular weight excluding hydrogens is 234 g/mol. The summed E-state index contributed by atoms with van der Waals surface area (Å²) >= 11 is 0. The van der Waals surface area contributed by atoms with Crippen molar-refractivity contribution in [3.63, 3.8) is 0 Å². The van der Waals surface area contributed by atoms with Crippen LogP contribution in [0.3, 0.4) is 0 Å². The predicted octanol–water partition coefficient (Wildman–Crippen LogP) is 3.06. The molecule has 1 N–H and O–H groups in total. The lowest BCUT2D eigenvalue weighted by Crippen LogP contribution is -2.39. The van der Waals surface area contributed by atoms with E-state index in [4.69, 9.17) is 0 Å². The van der Waals surface area contributed by atoms with E-state index in [9.17, 15) is 0 Å². The topological polar surface area (TPSA) is 28.2 Å². The number of nitrogens with zero attached hydrogens (tertiary/aromatic N) is 2. The molecule has 1 aromatic rings. The highest BCUT2D eigenvalue weighted by Crippen LogP contribution is 2.28. The van der Waals surface area contributed by atoms with Gasteiger partial charge in [-0.05, 0) is 24.3 Å². The van der Waals surface area contributed by atoms with Gasteiger partial charge in [-0.3, -0.25) is 4.98 Å². The minimum Gasteiger partial charge on any atom is -0.371 e. The van der Waals surface area contributed by atoms with Crippen LogP contribution in [0.2, 0.25) is 0 Å². The maximum atomic E-state index is 4.29. The Hall–Kier alpha value is -1.09. The van der Waals surface area contributed by atoms with Crippen molar-refractivity contribution >= 4 is 5.69 Å². The predicted molar refractivity (Wildman–Crippen MR) is 81.4 cm³/mol. The Kier molecular flexibility index (Phi) is 4.81. The lowest BCUT2D eigenvalue weighted by Gasteiger charge is -2.37. The van der Waals surface area contributed by atoms with E-state index in [1.54, 1.807) is 0 Å². The highest BCUT2D eigenvalue weighted by Gasteiger charge is 2.24. The van der Waals surface area contributed by atoms with Crippen LogP contribution in [-0.4, -0.2) is 24.1 Å². The van der Waals surface area contributed by atoms with Crippen LogP contribution < -0.4 is 10.2 Å². The molecule has 3 nitrogen and oxygen atoms in total. The molecule has 1 aromatic heterocycles. The minimum atomic E-state index is 0.508. The first-order chi connectivity index (χ1) is 9.08. The SMILES string of the molecule is CC(C)NCc1cnccc1N1CCC(C)C(C)C1. The number of anilines is 1. The van der Waals surface area contributed by atoms with Gasteiger partial charge in [-0.15, -0.1) is 0 Å². The lowest BCUT2D eigenvalue weighted by molar-refractivity contribution is 0.323. The molecule has 0 aromatic carbocycles. The van der Waals surface area contributed by atoms with Gasteiger partial charge >= 0.3 is 0 Å². The maximum absolute atomic E-state index is 4.29. The van der Waals surface area contributed by atoms with E-state index in [-0.39, 0.29) is 0 Å². The molecule has 2 atom stereocenters. The number of hydrogen-bond acceptors (Lipinski definition) is 3. The van der Waals surface area contributed by atoms with Crippen molar-refractivity contribution in [1.29, 1.82) is 0 Å². The summed E-state index contributed by atoms with van der Waals surface area (Å²) in [7, 11) is 0. The van der Waals surface area contributed by atoms with Crippen LogP contribution in [0.25, 0.3) is 0 Å². The molecule has 1 fully saturated rings. The largest absolute Gasteiger partial charge is 0.371 e. The van der Waals surface area contributed by atoms with Crippen LogP contribution in [-0.2, 0) is 6.54 Å². The lowest BCUT2D eigenvalue weighted by atomic mass is 9.88. The van der Waals surface area contributed by atoms with E-state index in [1.165, 1.54) is 30.8 Å². The number of piperidine rings is 1. The molecule has 0 spiro atoms. The number of aromatic nitrogens is 1. The van der Waals surface area contributed by atoms with Crippen LogP contribution in [0.5, 0.6) is 0 Å². The molecule has 0 radical (unpaired) electrons. The van der Waals surface area contributed by atoms with E-state index < -0.39 is 0 Å². The van der Waals surface area contributed by atoms with Crippen LogP contribution in [0, 0.1) is 11.8 Å². The van der Waals surface area contributed by atoms with E-state index >= 15 is 0 Å². The van der Waals surface area contributed by atoms with Gasteiger partial charge in [0.05, 0.1) is 0 Å². The normalized spacial score (nSPS) is 23.9. The Morgan fingerprint density at radius 3 is 2.84 bits per heavy atom. The quantitative estimate of drug-likeness (QED) is 0.903. The fourth-order valence-electron chi connectivity index (χ4n) is 2.66. The van der Waals surface area contributed by atoms with Gasteiger partial charge in [0.15, 0.2) is 0 Å². The third kappa shape index (κ3) is 3.69. The molecule has 0 aliphatic carbocycles. The summed E-state index contributed by atoms with van der Waals surface area (Å²) in [5.41, 5.74) is 2.68. The first-order valence-electron chi connectivity index (χ1n) is 7.49. The molecule has 1 saturated heterocycles. The van der Waals surface area contributed by atoms with E-state index in [2.05, 4.69) is 49.0 Å². The third-order valence-corrected chi connectivity index (χ3v) is 4.25. The summed E-state index contributed by atoms with van der Waals surface area (Å²) < 4.78 is 0. The van der Waals surface area contributed by atoms with Crippen molar-refractivity contribution in [2.45, 2.75) is 46.7 Å². The van der Waals surface area contributed by atoms with Crippen molar-refractivity contribution in [2.24, 2.45) is 11.8 Å². The average molecular weight is 261 g/mol. The van der Waals surface area contributed by atoms with Gasteiger partial charge in [0.2, 0.25) is 0 Å². The molecule has 1 aliphatic rings. The fourth-order valence-corrected chi connectivity index (χ4v) is 2.66. The zero-order valence-corrected chi connectivity index (χ0v) is 12.7. The first kappa shape index (κ1) is 14.3. The van der Waals surface area contributed by atoms with Gasteiger partial charge in [-0.1, -0.05) is 27.7 Å². The molecule has 0 amide bonds. The Morgan fingerprint density at radius 2 is 2.16 bits per heavy atom. The zero-order valence-electron chi connectivity index (χ0n) is 12.7. The Bertz CT molecular complexity index is 403. The minimum absolute atomic E-state index is 0.508. The first-order valence-corrected chi connectivity index (χ1v) is 7.49. The Morgan fingerprint density at radius 1 is 1.37 bits per heavy atom. The van der Waals surface area contributed by atoms with E-state index in [1.807, 2.05) is 12.4 Å². The number of rotatable bonds is 4. The van der Waals surface area contributed by atoms with Crippen molar-refractivity contribution in [2.75, 3.05) is 18.0 Å². The highest BCUT2D eigenvalue weighted by atomic mass is 15.1. The second kappa shape index (κ2) is 6.38. The van der Waals surface area contributed by atoms with Gasteiger partial charge in [0.1, 0.15) is 0 Å². The summed E-state index contributed by atoms with van der Waals surface area (Å²) in [5, 5.41) is 3.49. The summed E-state index contributed by atoms with van der Waals surface area (Å²) in [5.74, 6) is 1.61. The molecular formula is C16H27N3. The van der Waals surface area contributed by atoms with Crippen molar-refractivity contribution in [3.05, 3.63) is 24.0 Å². The van der Waals surface area contributed by atoms with Gasteiger partial charge in [0.25, 0.3) is 0 Å². The van der Waals surface area contributed by atoms with E-state index in [0.29, 0.717) is 6.04 Å². The second-order valence-electron chi connectivity index (χ2n) is 6.23. The molecule has 2 heterocycles. The molecule has 0 saturated carbocycles. The summed E-state index contributed by atoms with van der Waals surface area (Å²) in [6.45, 7) is 12.3. The Labute approximate surface area is 117 Å². The smallest absolute Gasteiger partial charge is 0.0442 e. The van der Waals surface area contributed by atoms with Crippen LogP contribution in [0.15, 0.2) is 18.5 Å². The maximum Gasteiger partial charge on any atom is 0.0442 e. The van der Waals surface area contributed by atoms with Crippen molar-refractivity contribution in [3.8, 4) is 0 Å².